The molecular formula is C15H19N3O2. The number of benzene rings is 1. The van der Waals surface area contributed by atoms with E-state index in [1.807, 2.05) is 19.9 Å². The Hall–Kier alpha value is -2.35. The van der Waals surface area contributed by atoms with Crippen molar-refractivity contribution in [1.29, 1.82) is 5.26 Å². The van der Waals surface area contributed by atoms with Crippen molar-refractivity contribution in [1.82, 2.24) is 10.2 Å². The molecule has 0 fully saturated rings. The highest BCUT2D eigenvalue weighted by molar-refractivity contribution is 5.97. The van der Waals surface area contributed by atoms with Crippen LogP contribution in [0.3, 0.4) is 0 Å². The molecule has 0 saturated heterocycles. The normalized spacial score (nSPS) is 11.3. The number of nitrogens with zero attached hydrogens (tertiary/aromatic N) is 2. The van der Waals surface area contributed by atoms with Gasteiger partial charge in [0.05, 0.1) is 11.6 Å². The van der Waals surface area contributed by atoms with Crippen LogP contribution < -0.4 is 5.32 Å². The average Bonchev–Trinajstić information content (AvgIpc) is 2.48. The van der Waals surface area contributed by atoms with Gasteiger partial charge in [-0.05, 0) is 45.0 Å². The molecule has 1 aromatic rings. The maximum absolute atomic E-state index is 12.0. The Morgan fingerprint density at radius 3 is 2.25 bits per heavy atom. The summed E-state index contributed by atoms with van der Waals surface area (Å²) in [6, 6.07) is 7.71. The molecule has 0 aromatic heterocycles. The van der Waals surface area contributed by atoms with Gasteiger partial charge >= 0.3 is 0 Å². The van der Waals surface area contributed by atoms with Gasteiger partial charge in [0.1, 0.15) is 6.04 Å². The van der Waals surface area contributed by atoms with E-state index in [2.05, 4.69) is 5.32 Å². The fraction of sp³-hybridized carbons (Fsp3) is 0.400. The zero-order valence-electron chi connectivity index (χ0n) is 12.0. The lowest BCUT2D eigenvalue weighted by Gasteiger charge is -2.23. The minimum Gasteiger partial charge on any atom is -0.341 e. The van der Waals surface area contributed by atoms with Crippen LogP contribution >= 0.6 is 0 Å². The second-order valence-corrected chi connectivity index (χ2v) is 4.39. The smallest absolute Gasteiger partial charge is 0.251 e. The summed E-state index contributed by atoms with van der Waals surface area (Å²) in [4.78, 5) is 25.7. The molecule has 0 aliphatic rings. The quantitative estimate of drug-likeness (QED) is 0.884. The second kappa shape index (κ2) is 7.29. The van der Waals surface area contributed by atoms with Crippen LogP contribution in [0.5, 0.6) is 0 Å². The Bertz CT molecular complexity index is 513. The molecule has 106 valence electrons. The molecule has 1 unspecified atom stereocenters. The first kappa shape index (κ1) is 15.7. The van der Waals surface area contributed by atoms with E-state index in [-0.39, 0.29) is 11.8 Å². The number of hydrogen-bond donors (Lipinski definition) is 1. The molecule has 0 aliphatic carbocycles. The Kier molecular flexibility index (Phi) is 5.73. The van der Waals surface area contributed by atoms with Crippen molar-refractivity contribution < 1.29 is 9.59 Å². The zero-order valence-corrected chi connectivity index (χ0v) is 12.0. The van der Waals surface area contributed by atoms with E-state index in [1.165, 1.54) is 0 Å². The first-order valence-corrected chi connectivity index (χ1v) is 6.63. The number of nitrogens with one attached hydrogen (secondary N) is 1. The van der Waals surface area contributed by atoms with Gasteiger partial charge in [0.25, 0.3) is 5.91 Å². The molecule has 1 atom stereocenters. The van der Waals surface area contributed by atoms with Gasteiger partial charge in [0.2, 0.25) is 5.91 Å². The molecule has 1 aromatic carbocycles. The highest BCUT2D eigenvalue weighted by Crippen LogP contribution is 2.04. The number of amides is 2. The zero-order chi connectivity index (χ0) is 15.1. The second-order valence-electron chi connectivity index (χ2n) is 4.39. The molecule has 20 heavy (non-hydrogen) atoms. The molecule has 1 rings (SSSR count). The summed E-state index contributed by atoms with van der Waals surface area (Å²) in [7, 11) is 0. The lowest BCUT2D eigenvalue weighted by atomic mass is 10.1. The predicted molar refractivity (Wildman–Crippen MR) is 76.0 cm³/mol. The van der Waals surface area contributed by atoms with Gasteiger partial charge in [-0.2, -0.15) is 5.26 Å². The molecule has 0 spiro atoms. The number of likely N-dealkylation sites (N-methyl/N-ethyl adjacent to an activating group) is 1. The van der Waals surface area contributed by atoms with Crippen LogP contribution in [0.4, 0.5) is 0 Å². The molecule has 0 heterocycles. The van der Waals surface area contributed by atoms with E-state index in [0.29, 0.717) is 24.2 Å². The predicted octanol–water partition coefficient (Wildman–Crippen LogP) is 1.54. The standard InChI is InChI=1S/C15H19N3O2/c1-4-18(5-2)15(20)11(3)17-14(19)13-8-6-12(10-16)7-9-13/h6-9,11H,4-5H2,1-3H3,(H,17,19). The van der Waals surface area contributed by atoms with Crippen molar-refractivity contribution in [3.05, 3.63) is 35.4 Å². The van der Waals surface area contributed by atoms with E-state index in [1.54, 1.807) is 36.1 Å². The Labute approximate surface area is 119 Å². The fourth-order valence-electron chi connectivity index (χ4n) is 1.85. The third-order valence-corrected chi connectivity index (χ3v) is 3.07. The highest BCUT2D eigenvalue weighted by Gasteiger charge is 2.20. The van der Waals surface area contributed by atoms with E-state index in [9.17, 15) is 9.59 Å². The number of carbonyl (C=O) groups excluding carboxylic acids is 2. The molecule has 2 amide bonds. The number of carbonyl (C=O) groups is 2. The van der Waals surface area contributed by atoms with Gasteiger partial charge in [-0.3, -0.25) is 9.59 Å². The number of rotatable bonds is 5. The van der Waals surface area contributed by atoms with Crippen LogP contribution in [-0.2, 0) is 4.79 Å². The molecule has 0 radical (unpaired) electrons. The maximum atomic E-state index is 12.0. The van der Waals surface area contributed by atoms with Crippen LogP contribution in [0.2, 0.25) is 0 Å². The Morgan fingerprint density at radius 1 is 1.25 bits per heavy atom. The average molecular weight is 273 g/mol. The summed E-state index contributed by atoms with van der Waals surface area (Å²) >= 11 is 0. The van der Waals surface area contributed by atoms with Crippen LogP contribution in [-0.4, -0.2) is 35.8 Å². The van der Waals surface area contributed by atoms with Crippen LogP contribution in [0.15, 0.2) is 24.3 Å². The summed E-state index contributed by atoms with van der Waals surface area (Å²) in [5.74, 6) is -0.417. The van der Waals surface area contributed by atoms with Gasteiger partial charge in [0, 0.05) is 18.7 Å². The minimum atomic E-state index is -0.571. The largest absolute Gasteiger partial charge is 0.341 e. The summed E-state index contributed by atoms with van der Waals surface area (Å²) in [5.41, 5.74) is 0.928. The van der Waals surface area contributed by atoms with Gasteiger partial charge in [-0.1, -0.05) is 0 Å². The Balaban J connectivity index is 2.69. The van der Waals surface area contributed by atoms with Crippen molar-refractivity contribution in [2.24, 2.45) is 0 Å². The Morgan fingerprint density at radius 2 is 1.80 bits per heavy atom. The molecule has 1 N–H and O–H groups in total. The molecule has 0 saturated carbocycles. The van der Waals surface area contributed by atoms with Crippen molar-refractivity contribution >= 4 is 11.8 Å². The van der Waals surface area contributed by atoms with Crippen LogP contribution in [0.1, 0.15) is 36.7 Å². The lowest BCUT2D eigenvalue weighted by molar-refractivity contribution is -0.132. The number of nitriles is 1. The molecule has 0 bridgehead atoms. The van der Waals surface area contributed by atoms with Gasteiger partial charge < -0.3 is 10.2 Å². The van der Waals surface area contributed by atoms with Crippen molar-refractivity contribution in [2.75, 3.05) is 13.1 Å². The summed E-state index contributed by atoms with van der Waals surface area (Å²) in [6.45, 7) is 6.70. The molecule has 0 aliphatic heterocycles. The summed E-state index contributed by atoms with van der Waals surface area (Å²) in [5, 5.41) is 11.4. The van der Waals surface area contributed by atoms with Gasteiger partial charge in [0.15, 0.2) is 0 Å². The van der Waals surface area contributed by atoms with E-state index in [4.69, 9.17) is 5.26 Å². The first-order valence-electron chi connectivity index (χ1n) is 6.63. The molecule has 5 nitrogen and oxygen atoms in total. The monoisotopic (exact) mass is 273 g/mol. The SMILES string of the molecule is CCN(CC)C(=O)C(C)NC(=O)c1ccc(C#N)cc1. The molecule has 5 heteroatoms. The topological polar surface area (TPSA) is 73.2 Å². The highest BCUT2D eigenvalue weighted by atomic mass is 16.2. The van der Waals surface area contributed by atoms with Crippen LogP contribution in [0.25, 0.3) is 0 Å². The van der Waals surface area contributed by atoms with E-state index >= 15 is 0 Å². The van der Waals surface area contributed by atoms with Crippen molar-refractivity contribution in [3.8, 4) is 6.07 Å². The summed E-state index contributed by atoms with van der Waals surface area (Å²) in [6.07, 6.45) is 0. The van der Waals surface area contributed by atoms with Gasteiger partial charge in [-0.15, -0.1) is 0 Å². The van der Waals surface area contributed by atoms with Crippen molar-refractivity contribution in [2.45, 2.75) is 26.8 Å². The van der Waals surface area contributed by atoms with E-state index in [0.717, 1.165) is 0 Å². The van der Waals surface area contributed by atoms with Crippen molar-refractivity contribution in [3.63, 3.8) is 0 Å². The first-order chi connectivity index (χ1) is 9.53. The molecular weight excluding hydrogens is 254 g/mol. The summed E-state index contributed by atoms with van der Waals surface area (Å²) < 4.78 is 0. The third kappa shape index (κ3) is 3.82. The fourth-order valence-corrected chi connectivity index (χ4v) is 1.85. The van der Waals surface area contributed by atoms with Gasteiger partial charge in [-0.25, -0.2) is 0 Å². The third-order valence-electron chi connectivity index (χ3n) is 3.07. The van der Waals surface area contributed by atoms with Crippen LogP contribution in [0, 0.1) is 11.3 Å². The van der Waals surface area contributed by atoms with E-state index < -0.39 is 6.04 Å². The lowest BCUT2D eigenvalue weighted by Crippen LogP contribution is -2.46. The number of hydrogen-bond acceptors (Lipinski definition) is 3. The minimum absolute atomic E-state index is 0.100. The maximum Gasteiger partial charge on any atom is 0.251 e.